The summed E-state index contributed by atoms with van der Waals surface area (Å²) >= 11 is 0. The first-order valence-corrected chi connectivity index (χ1v) is 3.77. The van der Waals surface area contributed by atoms with Gasteiger partial charge in [0.25, 0.3) is 0 Å². The van der Waals surface area contributed by atoms with Crippen molar-refractivity contribution < 1.29 is 0 Å². The van der Waals surface area contributed by atoms with Gasteiger partial charge in [0.15, 0.2) is 0 Å². The van der Waals surface area contributed by atoms with Gasteiger partial charge in [0.2, 0.25) is 0 Å². The lowest BCUT2D eigenvalue weighted by Gasteiger charge is -2.31. The molecule has 0 fully saturated rings. The number of hydrazone groups is 1. The number of hydrogen-bond acceptors (Lipinski definition) is 2. The first-order valence-electron chi connectivity index (χ1n) is 3.77. The zero-order valence-electron chi connectivity index (χ0n) is 7.26. The fraction of sp³-hybridized carbons (Fsp3) is 0.875. The van der Waals surface area contributed by atoms with Gasteiger partial charge in [-0.05, 0) is 5.41 Å². The Bertz CT molecular complexity index is 144. The Labute approximate surface area is 62.9 Å². The Morgan fingerprint density at radius 3 is 2.30 bits per heavy atom. The van der Waals surface area contributed by atoms with Crippen LogP contribution in [0.5, 0.6) is 0 Å². The molecule has 0 aromatic rings. The maximum atomic E-state index is 4.19. The second-order valence-electron chi connectivity index (χ2n) is 3.99. The molecule has 0 aromatic carbocycles. The van der Waals surface area contributed by atoms with Gasteiger partial charge < -0.3 is 0 Å². The van der Waals surface area contributed by atoms with Gasteiger partial charge in [-0.25, -0.2) is 0 Å². The van der Waals surface area contributed by atoms with Gasteiger partial charge in [-0.1, -0.05) is 20.8 Å². The predicted octanol–water partition coefficient (Wildman–Crippen LogP) is 1.72. The molecule has 0 N–H and O–H groups in total. The van der Waals surface area contributed by atoms with Gasteiger partial charge in [-0.2, -0.15) is 5.10 Å². The van der Waals surface area contributed by atoms with Crippen molar-refractivity contribution in [1.29, 1.82) is 0 Å². The summed E-state index contributed by atoms with van der Waals surface area (Å²) in [6.45, 7) is 6.76. The van der Waals surface area contributed by atoms with E-state index in [2.05, 4.69) is 30.9 Å². The first-order chi connectivity index (χ1) is 4.52. The van der Waals surface area contributed by atoms with E-state index in [1.807, 2.05) is 13.3 Å². The Balaban J connectivity index is 2.60. The zero-order valence-corrected chi connectivity index (χ0v) is 7.26. The number of hydrogen-bond donors (Lipinski definition) is 0. The molecule has 0 bridgehead atoms. The van der Waals surface area contributed by atoms with Crippen LogP contribution in [0.4, 0.5) is 0 Å². The third kappa shape index (κ3) is 1.31. The van der Waals surface area contributed by atoms with Crippen LogP contribution >= 0.6 is 0 Å². The van der Waals surface area contributed by atoms with Gasteiger partial charge in [0.1, 0.15) is 0 Å². The van der Waals surface area contributed by atoms with Crippen molar-refractivity contribution in [2.45, 2.75) is 33.2 Å². The molecule has 0 radical (unpaired) electrons. The summed E-state index contributed by atoms with van der Waals surface area (Å²) in [4.78, 5) is 0. The summed E-state index contributed by atoms with van der Waals surface area (Å²) in [6, 6.07) is 0.590. The van der Waals surface area contributed by atoms with Crippen molar-refractivity contribution in [3.8, 4) is 0 Å². The third-order valence-electron chi connectivity index (χ3n) is 2.04. The Morgan fingerprint density at radius 1 is 1.50 bits per heavy atom. The Kier molecular flexibility index (Phi) is 1.71. The largest absolute Gasteiger partial charge is 0.296 e. The lowest BCUT2D eigenvalue weighted by molar-refractivity contribution is 0.153. The molecule has 0 aromatic heterocycles. The molecule has 1 unspecified atom stereocenters. The standard InChI is InChI=1S/C8H16N2/c1-8(2,3)7-5-6-9-10(7)4/h6-7H,5H2,1-4H3. The molecule has 2 nitrogen and oxygen atoms in total. The third-order valence-corrected chi connectivity index (χ3v) is 2.04. The molecule has 1 rings (SSSR count). The predicted molar refractivity (Wildman–Crippen MR) is 44.1 cm³/mol. The molecule has 0 saturated heterocycles. The SMILES string of the molecule is CN1N=CCC1C(C)(C)C. The monoisotopic (exact) mass is 140 g/mol. The highest BCUT2D eigenvalue weighted by molar-refractivity contribution is 5.60. The second kappa shape index (κ2) is 2.26. The van der Waals surface area contributed by atoms with E-state index in [1.165, 1.54) is 0 Å². The highest BCUT2D eigenvalue weighted by Gasteiger charge is 2.29. The fourth-order valence-electron chi connectivity index (χ4n) is 1.42. The van der Waals surface area contributed by atoms with Crippen LogP contribution in [-0.2, 0) is 0 Å². The molecule has 58 valence electrons. The van der Waals surface area contributed by atoms with Crippen LogP contribution in [0.2, 0.25) is 0 Å². The first kappa shape index (κ1) is 7.58. The van der Waals surface area contributed by atoms with E-state index in [9.17, 15) is 0 Å². The van der Waals surface area contributed by atoms with Crippen molar-refractivity contribution >= 4 is 6.21 Å². The Morgan fingerprint density at radius 2 is 2.10 bits per heavy atom. The van der Waals surface area contributed by atoms with Gasteiger partial charge in [-0.15, -0.1) is 0 Å². The zero-order chi connectivity index (χ0) is 7.78. The van der Waals surface area contributed by atoms with Crippen molar-refractivity contribution in [3.05, 3.63) is 0 Å². The van der Waals surface area contributed by atoms with Crippen LogP contribution in [0, 0.1) is 5.41 Å². The summed E-state index contributed by atoms with van der Waals surface area (Å²) in [5.41, 5.74) is 0.352. The molecule has 1 aliphatic heterocycles. The highest BCUT2D eigenvalue weighted by Crippen LogP contribution is 2.27. The van der Waals surface area contributed by atoms with Crippen molar-refractivity contribution in [2.24, 2.45) is 10.5 Å². The van der Waals surface area contributed by atoms with E-state index in [4.69, 9.17) is 0 Å². The minimum Gasteiger partial charge on any atom is -0.296 e. The van der Waals surface area contributed by atoms with Crippen LogP contribution < -0.4 is 0 Å². The second-order valence-corrected chi connectivity index (χ2v) is 3.99. The topological polar surface area (TPSA) is 15.6 Å². The highest BCUT2D eigenvalue weighted by atomic mass is 15.5. The molecule has 0 aliphatic carbocycles. The van der Waals surface area contributed by atoms with Crippen LogP contribution in [0.3, 0.4) is 0 Å². The average Bonchev–Trinajstić information content (AvgIpc) is 2.11. The van der Waals surface area contributed by atoms with Gasteiger partial charge >= 0.3 is 0 Å². The lowest BCUT2D eigenvalue weighted by atomic mass is 9.85. The summed E-state index contributed by atoms with van der Waals surface area (Å²) in [7, 11) is 2.04. The molecule has 10 heavy (non-hydrogen) atoms. The van der Waals surface area contributed by atoms with Crippen LogP contribution in [0.15, 0.2) is 5.10 Å². The van der Waals surface area contributed by atoms with Crippen LogP contribution in [0.1, 0.15) is 27.2 Å². The van der Waals surface area contributed by atoms with E-state index in [0.29, 0.717) is 11.5 Å². The average molecular weight is 140 g/mol. The molecule has 1 heterocycles. The van der Waals surface area contributed by atoms with Crippen LogP contribution in [0.25, 0.3) is 0 Å². The summed E-state index contributed by atoms with van der Waals surface area (Å²) in [6.07, 6.45) is 3.09. The fourth-order valence-corrected chi connectivity index (χ4v) is 1.42. The lowest BCUT2D eigenvalue weighted by Crippen LogP contribution is -2.35. The van der Waals surface area contributed by atoms with E-state index >= 15 is 0 Å². The molecule has 1 atom stereocenters. The van der Waals surface area contributed by atoms with Crippen LogP contribution in [-0.4, -0.2) is 24.3 Å². The maximum Gasteiger partial charge on any atom is 0.0565 e. The maximum absolute atomic E-state index is 4.19. The normalized spacial score (nSPS) is 26.0. The molecule has 0 amide bonds. The minimum atomic E-state index is 0.352. The summed E-state index contributed by atoms with van der Waals surface area (Å²) in [5.74, 6) is 0. The van der Waals surface area contributed by atoms with Gasteiger partial charge in [0.05, 0.1) is 6.04 Å². The molecule has 1 aliphatic rings. The van der Waals surface area contributed by atoms with Crippen molar-refractivity contribution in [3.63, 3.8) is 0 Å². The molecule has 0 spiro atoms. The molecule has 0 saturated carbocycles. The van der Waals surface area contributed by atoms with E-state index in [-0.39, 0.29) is 0 Å². The molecule has 2 heteroatoms. The van der Waals surface area contributed by atoms with Gasteiger partial charge in [-0.3, -0.25) is 5.01 Å². The Hall–Kier alpha value is -0.530. The van der Waals surface area contributed by atoms with Gasteiger partial charge in [0, 0.05) is 19.7 Å². The smallest absolute Gasteiger partial charge is 0.0565 e. The van der Waals surface area contributed by atoms with E-state index in [1.54, 1.807) is 0 Å². The molecular formula is C8H16N2. The van der Waals surface area contributed by atoms with Crippen molar-refractivity contribution in [2.75, 3.05) is 7.05 Å². The summed E-state index contributed by atoms with van der Waals surface area (Å²) in [5, 5.41) is 6.25. The van der Waals surface area contributed by atoms with E-state index < -0.39 is 0 Å². The minimum absolute atomic E-state index is 0.352. The van der Waals surface area contributed by atoms with Crippen molar-refractivity contribution in [1.82, 2.24) is 5.01 Å². The molecular weight excluding hydrogens is 124 g/mol. The number of nitrogens with zero attached hydrogens (tertiary/aromatic N) is 2. The summed E-state index contributed by atoms with van der Waals surface area (Å²) < 4.78 is 0. The van der Waals surface area contributed by atoms with E-state index in [0.717, 1.165) is 6.42 Å². The number of rotatable bonds is 0. The quantitative estimate of drug-likeness (QED) is 0.500.